The van der Waals surface area contributed by atoms with Gasteiger partial charge in [0.15, 0.2) is 12.2 Å². The normalized spacial score (nSPS) is 13.0. The van der Waals surface area contributed by atoms with Crippen LogP contribution in [0, 0.1) is 12.8 Å². The van der Waals surface area contributed by atoms with Crippen molar-refractivity contribution in [2.24, 2.45) is 5.92 Å². The van der Waals surface area contributed by atoms with Gasteiger partial charge in [0.1, 0.15) is 5.75 Å². The van der Waals surface area contributed by atoms with E-state index in [4.69, 9.17) is 14.2 Å². The predicted octanol–water partition coefficient (Wildman–Crippen LogP) is 3.10. The van der Waals surface area contributed by atoms with Crippen LogP contribution in [0.2, 0.25) is 0 Å². The van der Waals surface area contributed by atoms with Gasteiger partial charge in [0, 0.05) is 0 Å². The number of hydrogen-bond donors (Lipinski definition) is 1. The third-order valence-corrected chi connectivity index (χ3v) is 3.52. The smallest absolute Gasteiger partial charge is 0.335 e. The number of esters is 1. The summed E-state index contributed by atoms with van der Waals surface area (Å²) in [7, 11) is 1.53. The topological polar surface area (TPSA) is 73.9 Å². The molecule has 0 spiro atoms. The summed E-state index contributed by atoms with van der Waals surface area (Å²) in [5.41, 5.74) is 1.51. The van der Waals surface area contributed by atoms with E-state index in [0.29, 0.717) is 11.4 Å². The fourth-order valence-corrected chi connectivity index (χ4v) is 2.12. The first kappa shape index (κ1) is 20.7. The number of amides is 1. The van der Waals surface area contributed by atoms with Crippen LogP contribution in [-0.2, 0) is 19.1 Å². The summed E-state index contributed by atoms with van der Waals surface area (Å²) >= 11 is 0. The van der Waals surface area contributed by atoms with E-state index in [1.54, 1.807) is 39.0 Å². The molecule has 6 heteroatoms. The number of carbonyl (C=O) groups is 2. The molecule has 0 saturated heterocycles. The Hall–Kier alpha value is -2.34. The summed E-state index contributed by atoms with van der Waals surface area (Å²) in [6.45, 7) is 10.9. The number of hydrogen-bond acceptors (Lipinski definition) is 5. The van der Waals surface area contributed by atoms with Gasteiger partial charge in [0.25, 0.3) is 5.91 Å². The van der Waals surface area contributed by atoms with Gasteiger partial charge < -0.3 is 19.5 Å². The van der Waals surface area contributed by atoms with Crippen LogP contribution in [0.4, 0.5) is 5.69 Å². The number of anilines is 1. The molecular weight excluding hydrogens is 322 g/mol. The fraction of sp³-hybridized carbons (Fsp3) is 0.474. The van der Waals surface area contributed by atoms with Gasteiger partial charge in [-0.2, -0.15) is 0 Å². The minimum Gasteiger partial charge on any atom is -0.495 e. The maximum Gasteiger partial charge on any atom is 0.335 e. The van der Waals surface area contributed by atoms with Gasteiger partial charge in [-0.05, 0) is 37.5 Å². The Balaban J connectivity index is 2.85. The molecule has 0 aromatic heterocycles. The first-order valence-electron chi connectivity index (χ1n) is 8.18. The maximum atomic E-state index is 12.6. The van der Waals surface area contributed by atoms with Crippen molar-refractivity contribution in [2.75, 3.05) is 19.0 Å². The number of methoxy groups -OCH3 is 1. The zero-order chi connectivity index (χ0) is 19.0. The van der Waals surface area contributed by atoms with E-state index in [1.807, 2.05) is 13.0 Å². The molecule has 2 unspecified atom stereocenters. The second-order valence-corrected chi connectivity index (χ2v) is 6.06. The van der Waals surface area contributed by atoms with Crippen LogP contribution >= 0.6 is 0 Å². The average molecular weight is 349 g/mol. The van der Waals surface area contributed by atoms with E-state index in [9.17, 15) is 9.59 Å². The molecule has 0 saturated carbocycles. The molecule has 6 nitrogen and oxygen atoms in total. The lowest BCUT2D eigenvalue weighted by molar-refractivity contribution is -0.166. The van der Waals surface area contributed by atoms with E-state index in [2.05, 4.69) is 11.9 Å². The van der Waals surface area contributed by atoms with Crippen molar-refractivity contribution in [3.8, 4) is 5.75 Å². The average Bonchev–Trinajstić information content (AvgIpc) is 2.56. The highest BCUT2D eigenvalue weighted by Crippen LogP contribution is 2.26. The Kier molecular flexibility index (Phi) is 8.15. The monoisotopic (exact) mass is 349 g/mol. The van der Waals surface area contributed by atoms with E-state index in [1.165, 1.54) is 7.11 Å². The molecule has 1 amide bonds. The largest absolute Gasteiger partial charge is 0.495 e. The van der Waals surface area contributed by atoms with E-state index < -0.39 is 24.1 Å². The van der Waals surface area contributed by atoms with Gasteiger partial charge in [0.05, 0.1) is 19.4 Å². The van der Waals surface area contributed by atoms with Crippen molar-refractivity contribution >= 4 is 17.6 Å². The molecule has 1 aromatic rings. The van der Waals surface area contributed by atoms with Crippen LogP contribution in [0.3, 0.4) is 0 Å². The quantitative estimate of drug-likeness (QED) is 0.548. The molecule has 0 heterocycles. The second-order valence-electron chi connectivity index (χ2n) is 6.06. The van der Waals surface area contributed by atoms with Crippen LogP contribution in [0.25, 0.3) is 0 Å². The van der Waals surface area contributed by atoms with Crippen LogP contribution in [0.15, 0.2) is 30.9 Å². The number of nitrogens with one attached hydrogen (secondary N) is 1. The van der Waals surface area contributed by atoms with E-state index in [0.717, 1.165) is 5.56 Å². The molecule has 0 bridgehead atoms. The highest BCUT2D eigenvalue weighted by molar-refractivity contribution is 5.97. The standard InChI is InChI=1S/C19H27NO5/c1-7-10-24-14(5)19(22)25-17(12(2)3)18(21)20-15-11-13(4)8-9-16(15)23-6/h7-9,11-12,14,17H,1,10H2,2-6H3,(H,20,21). The van der Waals surface area contributed by atoms with Gasteiger partial charge in [-0.25, -0.2) is 4.79 Å². The number of carbonyl (C=O) groups excluding carboxylic acids is 2. The third-order valence-electron chi connectivity index (χ3n) is 3.52. The summed E-state index contributed by atoms with van der Waals surface area (Å²) in [6, 6.07) is 5.45. The Morgan fingerprint density at radius 3 is 2.52 bits per heavy atom. The fourth-order valence-electron chi connectivity index (χ4n) is 2.12. The summed E-state index contributed by atoms with van der Waals surface area (Å²) in [4.78, 5) is 24.7. The van der Waals surface area contributed by atoms with Crippen molar-refractivity contribution in [1.29, 1.82) is 0 Å². The lowest BCUT2D eigenvalue weighted by Crippen LogP contribution is -2.39. The van der Waals surface area contributed by atoms with Crippen molar-refractivity contribution in [3.05, 3.63) is 36.4 Å². The molecule has 1 rings (SSSR count). The Morgan fingerprint density at radius 1 is 1.28 bits per heavy atom. The van der Waals surface area contributed by atoms with Crippen molar-refractivity contribution < 1.29 is 23.8 Å². The minimum absolute atomic E-state index is 0.202. The SMILES string of the molecule is C=CCOC(C)C(=O)OC(C(=O)Nc1cc(C)ccc1OC)C(C)C. The Morgan fingerprint density at radius 2 is 1.96 bits per heavy atom. The number of aryl methyl sites for hydroxylation is 1. The predicted molar refractivity (Wildman–Crippen MR) is 96.7 cm³/mol. The molecule has 1 aromatic carbocycles. The molecule has 2 atom stereocenters. The lowest BCUT2D eigenvalue weighted by Gasteiger charge is -2.23. The lowest BCUT2D eigenvalue weighted by atomic mass is 10.1. The molecule has 1 N–H and O–H groups in total. The van der Waals surface area contributed by atoms with Crippen LogP contribution in [0.5, 0.6) is 5.75 Å². The molecule has 0 aliphatic heterocycles. The zero-order valence-corrected chi connectivity index (χ0v) is 15.5. The first-order chi connectivity index (χ1) is 11.8. The maximum absolute atomic E-state index is 12.6. The van der Waals surface area contributed by atoms with Crippen LogP contribution < -0.4 is 10.1 Å². The molecule has 0 aliphatic rings. The molecule has 138 valence electrons. The molecule has 0 aliphatic carbocycles. The molecule has 0 radical (unpaired) electrons. The molecular formula is C19H27NO5. The summed E-state index contributed by atoms with van der Waals surface area (Å²) in [6.07, 6.45) is -0.173. The van der Waals surface area contributed by atoms with Gasteiger partial charge >= 0.3 is 5.97 Å². The van der Waals surface area contributed by atoms with Gasteiger partial charge in [0.2, 0.25) is 0 Å². The van der Waals surface area contributed by atoms with Crippen molar-refractivity contribution in [2.45, 2.75) is 39.9 Å². The van der Waals surface area contributed by atoms with Gasteiger partial charge in [-0.3, -0.25) is 4.79 Å². The zero-order valence-electron chi connectivity index (χ0n) is 15.5. The summed E-state index contributed by atoms with van der Waals surface area (Å²) in [5, 5.41) is 2.77. The number of rotatable bonds is 9. The van der Waals surface area contributed by atoms with Crippen LogP contribution in [0.1, 0.15) is 26.3 Å². The Bertz CT molecular complexity index is 612. The van der Waals surface area contributed by atoms with Crippen molar-refractivity contribution in [3.63, 3.8) is 0 Å². The highest BCUT2D eigenvalue weighted by Gasteiger charge is 2.29. The Labute approximate surface area is 149 Å². The van der Waals surface area contributed by atoms with Crippen molar-refractivity contribution in [1.82, 2.24) is 0 Å². The first-order valence-corrected chi connectivity index (χ1v) is 8.18. The van der Waals surface area contributed by atoms with Gasteiger partial charge in [-0.15, -0.1) is 6.58 Å². The second kappa shape index (κ2) is 9.84. The minimum atomic E-state index is -0.938. The third kappa shape index (κ3) is 6.23. The van der Waals surface area contributed by atoms with Crippen LogP contribution in [-0.4, -0.2) is 37.8 Å². The molecule has 0 fully saturated rings. The highest BCUT2D eigenvalue weighted by atomic mass is 16.6. The molecule has 25 heavy (non-hydrogen) atoms. The summed E-state index contributed by atoms with van der Waals surface area (Å²) < 4.78 is 15.9. The summed E-state index contributed by atoms with van der Waals surface area (Å²) in [5.74, 6) is -0.670. The van der Waals surface area contributed by atoms with Gasteiger partial charge in [-0.1, -0.05) is 26.0 Å². The number of benzene rings is 1. The van der Waals surface area contributed by atoms with E-state index >= 15 is 0 Å². The van der Waals surface area contributed by atoms with E-state index in [-0.39, 0.29) is 12.5 Å². The number of ether oxygens (including phenoxy) is 3.